The van der Waals surface area contributed by atoms with Crippen LogP contribution in [0.2, 0.25) is 0 Å². The molecule has 0 bridgehead atoms. The van der Waals surface area contributed by atoms with Crippen LogP contribution in [-0.2, 0) is 13.0 Å². The van der Waals surface area contributed by atoms with Crippen molar-refractivity contribution in [2.45, 2.75) is 19.9 Å². The predicted molar refractivity (Wildman–Crippen MR) is 89.5 cm³/mol. The minimum Gasteiger partial charge on any atom is -0.345 e. The molecule has 0 aliphatic carbocycles. The average molecular weight is 367 g/mol. The molecule has 2 rings (SSSR count). The third-order valence-electron chi connectivity index (χ3n) is 2.67. The fourth-order valence-corrected chi connectivity index (χ4v) is 2.63. The first-order valence-electron chi connectivity index (χ1n) is 6.15. The topological polar surface area (TPSA) is 80.9 Å². The van der Waals surface area contributed by atoms with Gasteiger partial charge in [-0.3, -0.25) is 9.78 Å². The molecule has 0 saturated heterocycles. The first kappa shape index (κ1) is 20.7. The van der Waals surface area contributed by atoms with Gasteiger partial charge in [0.2, 0.25) is 0 Å². The van der Waals surface area contributed by atoms with Crippen molar-refractivity contribution in [1.29, 1.82) is 0 Å². The third kappa shape index (κ3) is 5.17. The number of nitrogens with zero attached hydrogens (tertiary/aromatic N) is 2. The first-order valence-corrected chi connectivity index (χ1v) is 6.97. The number of thiazole rings is 1. The normalized spacial score (nSPS) is 9.59. The molecule has 0 fully saturated rings. The summed E-state index contributed by atoms with van der Waals surface area (Å²) < 4.78 is 13.4. The molecule has 2 heterocycles. The van der Waals surface area contributed by atoms with Crippen LogP contribution in [0.15, 0.2) is 18.3 Å². The maximum atomic E-state index is 13.4. The van der Waals surface area contributed by atoms with E-state index in [0.29, 0.717) is 18.7 Å². The van der Waals surface area contributed by atoms with E-state index in [-0.39, 0.29) is 43.0 Å². The Morgan fingerprint density at radius 3 is 2.82 bits per heavy atom. The lowest BCUT2D eigenvalue weighted by atomic mass is 10.3. The molecule has 0 unspecified atom stereocenters. The van der Waals surface area contributed by atoms with Crippen molar-refractivity contribution in [2.24, 2.45) is 5.73 Å². The number of aryl methyl sites for hydroxylation is 1. The van der Waals surface area contributed by atoms with Crippen LogP contribution in [0, 0.1) is 12.7 Å². The lowest BCUT2D eigenvalue weighted by molar-refractivity contribution is 0.0945. The molecule has 0 aromatic carbocycles. The Morgan fingerprint density at radius 2 is 2.18 bits per heavy atom. The van der Waals surface area contributed by atoms with Crippen molar-refractivity contribution in [3.05, 3.63) is 45.4 Å². The van der Waals surface area contributed by atoms with Crippen molar-refractivity contribution >= 4 is 42.1 Å². The molecule has 9 heteroatoms. The minimum atomic E-state index is -0.438. The number of carbonyl (C=O) groups is 1. The van der Waals surface area contributed by atoms with Crippen LogP contribution in [0.25, 0.3) is 0 Å². The number of nitrogens with two attached hydrogens (primary N) is 1. The highest BCUT2D eigenvalue weighted by molar-refractivity contribution is 7.11. The number of halogens is 3. The van der Waals surface area contributed by atoms with E-state index in [1.54, 1.807) is 0 Å². The monoisotopic (exact) mass is 366 g/mol. The third-order valence-corrected chi connectivity index (χ3v) is 3.70. The van der Waals surface area contributed by atoms with E-state index in [9.17, 15) is 9.18 Å². The average Bonchev–Trinajstić information content (AvgIpc) is 2.79. The second kappa shape index (κ2) is 9.68. The molecule has 0 spiro atoms. The molecule has 0 aliphatic rings. The maximum Gasteiger partial charge on any atom is 0.271 e. The van der Waals surface area contributed by atoms with Gasteiger partial charge in [0.15, 0.2) is 0 Å². The minimum absolute atomic E-state index is 0. The Labute approximate surface area is 144 Å². The van der Waals surface area contributed by atoms with Gasteiger partial charge in [0.25, 0.3) is 5.91 Å². The molecule has 0 atom stereocenters. The SMILES string of the molecule is Cc1sc(CCN)nc1C(=O)NCc1ncccc1F.Cl.Cl. The van der Waals surface area contributed by atoms with Crippen LogP contribution >= 0.6 is 36.2 Å². The molecular formula is C13H17Cl2FN4OS. The van der Waals surface area contributed by atoms with Gasteiger partial charge >= 0.3 is 0 Å². The Bertz CT molecular complexity index is 624. The summed E-state index contributed by atoms with van der Waals surface area (Å²) in [6.07, 6.45) is 2.13. The fourth-order valence-electron chi connectivity index (χ4n) is 1.69. The lowest BCUT2D eigenvalue weighted by Crippen LogP contribution is -2.25. The quantitative estimate of drug-likeness (QED) is 0.850. The Balaban J connectivity index is 0.00000220. The summed E-state index contributed by atoms with van der Waals surface area (Å²) in [4.78, 5) is 21.0. The number of rotatable bonds is 5. The van der Waals surface area contributed by atoms with Gasteiger partial charge in [0.05, 0.1) is 17.2 Å². The van der Waals surface area contributed by atoms with E-state index in [2.05, 4.69) is 15.3 Å². The maximum absolute atomic E-state index is 13.4. The number of hydrogen-bond donors (Lipinski definition) is 2. The predicted octanol–water partition coefficient (Wildman–Crippen LogP) is 2.26. The van der Waals surface area contributed by atoms with E-state index in [0.717, 1.165) is 9.88 Å². The van der Waals surface area contributed by atoms with Gasteiger partial charge in [0.1, 0.15) is 11.5 Å². The van der Waals surface area contributed by atoms with Gasteiger partial charge in [-0.25, -0.2) is 9.37 Å². The fraction of sp³-hybridized carbons (Fsp3) is 0.308. The van der Waals surface area contributed by atoms with E-state index < -0.39 is 5.82 Å². The molecule has 0 saturated carbocycles. The second-order valence-electron chi connectivity index (χ2n) is 4.17. The summed E-state index contributed by atoms with van der Waals surface area (Å²) >= 11 is 1.45. The molecule has 5 nitrogen and oxygen atoms in total. The highest BCUT2D eigenvalue weighted by Crippen LogP contribution is 2.17. The van der Waals surface area contributed by atoms with Crippen LogP contribution < -0.4 is 11.1 Å². The molecule has 0 radical (unpaired) electrons. The van der Waals surface area contributed by atoms with E-state index in [1.807, 2.05) is 6.92 Å². The van der Waals surface area contributed by atoms with Crippen LogP contribution in [0.3, 0.4) is 0 Å². The molecule has 0 aliphatic heterocycles. The van der Waals surface area contributed by atoms with Crippen molar-refractivity contribution in [3.63, 3.8) is 0 Å². The van der Waals surface area contributed by atoms with Crippen molar-refractivity contribution in [3.8, 4) is 0 Å². The Morgan fingerprint density at radius 1 is 1.45 bits per heavy atom. The van der Waals surface area contributed by atoms with Gasteiger partial charge < -0.3 is 11.1 Å². The standard InChI is InChI=1S/C13H15FN4OS.2ClH/c1-8-12(18-11(20-8)4-5-15)13(19)17-7-10-9(14)3-2-6-16-10;;/h2-3,6H,4-5,7,15H2,1H3,(H,17,19);2*1H. The Kier molecular flexibility index (Phi) is 9.12. The number of amides is 1. The van der Waals surface area contributed by atoms with Gasteiger partial charge in [-0.05, 0) is 25.6 Å². The summed E-state index contributed by atoms with van der Waals surface area (Å²) in [6, 6.07) is 2.81. The smallest absolute Gasteiger partial charge is 0.271 e. The van der Waals surface area contributed by atoms with Gasteiger partial charge in [-0.2, -0.15) is 0 Å². The van der Waals surface area contributed by atoms with Crippen LogP contribution in [0.4, 0.5) is 4.39 Å². The molecule has 122 valence electrons. The number of nitrogens with one attached hydrogen (secondary N) is 1. The highest BCUT2D eigenvalue weighted by atomic mass is 35.5. The van der Waals surface area contributed by atoms with E-state index in [4.69, 9.17) is 5.73 Å². The molecular weight excluding hydrogens is 350 g/mol. The number of aromatic nitrogens is 2. The first-order chi connectivity index (χ1) is 9.61. The number of hydrogen-bond acceptors (Lipinski definition) is 5. The number of pyridine rings is 1. The summed E-state index contributed by atoms with van der Waals surface area (Å²) in [6.45, 7) is 2.36. The Hall–Kier alpha value is -1.28. The molecule has 1 amide bonds. The summed E-state index contributed by atoms with van der Waals surface area (Å²) in [7, 11) is 0. The van der Waals surface area contributed by atoms with Crippen LogP contribution in [0.1, 0.15) is 26.1 Å². The van der Waals surface area contributed by atoms with Gasteiger partial charge in [-0.1, -0.05) is 0 Å². The molecule has 3 N–H and O–H groups in total. The van der Waals surface area contributed by atoms with Gasteiger partial charge in [0, 0.05) is 17.5 Å². The molecule has 2 aromatic heterocycles. The zero-order valence-corrected chi connectivity index (χ0v) is 14.3. The second-order valence-corrected chi connectivity index (χ2v) is 5.45. The van der Waals surface area contributed by atoms with Crippen LogP contribution in [-0.4, -0.2) is 22.4 Å². The summed E-state index contributed by atoms with van der Waals surface area (Å²) in [5, 5.41) is 3.46. The zero-order valence-electron chi connectivity index (χ0n) is 11.8. The van der Waals surface area contributed by atoms with Crippen molar-refractivity contribution < 1.29 is 9.18 Å². The van der Waals surface area contributed by atoms with E-state index in [1.165, 1.54) is 29.7 Å². The summed E-state index contributed by atoms with van der Waals surface area (Å²) in [5.74, 6) is -0.765. The zero-order chi connectivity index (χ0) is 14.5. The van der Waals surface area contributed by atoms with Crippen molar-refractivity contribution in [1.82, 2.24) is 15.3 Å². The highest BCUT2D eigenvalue weighted by Gasteiger charge is 2.15. The van der Waals surface area contributed by atoms with E-state index >= 15 is 0 Å². The lowest BCUT2D eigenvalue weighted by Gasteiger charge is -2.04. The van der Waals surface area contributed by atoms with Crippen LogP contribution in [0.5, 0.6) is 0 Å². The molecule has 2 aromatic rings. The number of carbonyl (C=O) groups excluding carboxylic acids is 1. The van der Waals surface area contributed by atoms with Gasteiger partial charge in [-0.15, -0.1) is 36.2 Å². The molecule has 22 heavy (non-hydrogen) atoms. The van der Waals surface area contributed by atoms with Crippen molar-refractivity contribution in [2.75, 3.05) is 6.54 Å². The summed E-state index contributed by atoms with van der Waals surface area (Å²) in [5.41, 5.74) is 6.04. The largest absolute Gasteiger partial charge is 0.345 e.